The highest BCUT2D eigenvalue weighted by molar-refractivity contribution is 5.81. The van der Waals surface area contributed by atoms with Crippen LogP contribution in [0.5, 0.6) is 0 Å². The van der Waals surface area contributed by atoms with Crippen LogP contribution < -0.4 is 10.2 Å². The van der Waals surface area contributed by atoms with Crippen LogP contribution in [0.4, 0.5) is 11.4 Å². The van der Waals surface area contributed by atoms with Crippen LogP contribution >= 0.6 is 0 Å². The van der Waals surface area contributed by atoms with Gasteiger partial charge >= 0.3 is 0 Å². The number of nitro groups is 1. The van der Waals surface area contributed by atoms with Crippen LogP contribution in [0.25, 0.3) is 0 Å². The molecule has 1 atom stereocenters. The average Bonchev–Trinajstić information content (AvgIpc) is 3.20. The van der Waals surface area contributed by atoms with E-state index in [9.17, 15) is 14.9 Å². The van der Waals surface area contributed by atoms with Crippen molar-refractivity contribution in [3.8, 4) is 6.07 Å². The van der Waals surface area contributed by atoms with Gasteiger partial charge in [0.25, 0.3) is 5.69 Å². The molecule has 1 saturated carbocycles. The zero-order valence-electron chi connectivity index (χ0n) is 15.6. The number of hydrogen-bond acceptors (Lipinski definition) is 6. The summed E-state index contributed by atoms with van der Waals surface area (Å²) in [5.74, 6) is 0.0692. The average molecular weight is 371 g/mol. The van der Waals surface area contributed by atoms with E-state index in [2.05, 4.69) is 10.2 Å². The summed E-state index contributed by atoms with van der Waals surface area (Å²) in [6.45, 7) is 4.46. The van der Waals surface area contributed by atoms with Gasteiger partial charge in [0.15, 0.2) is 0 Å². The Hall–Kier alpha value is -2.66. The van der Waals surface area contributed by atoms with Gasteiger partial charge in [-0.3, -0.25) is 19.8 Å². The summed E-state index contributed by atoms with van der Waals surface area (Å²) in [4.78, 5) is 27.5. The van der Waals surface area contributed by atoms with E-state index in [1.807, 2.05) is 17.9 Å². The lowest BCUT2D eigenvalue weighted by Gasteiger charge is -2.38. The summed E-state index contributed by atoms with van der Waals surface area (Å²) in [7, 11) is 0. The molecule has 1 amide bonds. The van der Waals surface area contributed by atoms with E-state index in [-0.39, 0.29) is 23.2 Å². The van der Waals surface area contributed by atoms with Gasteiger partial charge in [-0.2, -0.15) is 5.26 Å². The van der Waals surface area contributed by atoms with Crippen LogP contribution in [0.2, 0.25) is 0 Å². The third-order valence-corrected chi connectivity index (χ3v) is 5.58. The van der Waals surface area contributed by atoms with Crippen LogP contribution in [0.1, 0.15) is 38.2 Å². The van der Waals surface area contributed by atoms with Crippen LogP contribution in [-0.4, -0.2) is 54.0 Å². The normalized spacial score (nSPS) is 19.5. The predicted molar refractivity (Wildman–Crippen MR) is 101 cm³/mol. The Balaban J connectivity index is 1.61. The number of rotatable bonds is 5. The third-order valence-electron chi connectivity index (χ3n) is 5.58. The second-order valence-electron chi connectivity index (χ2n) is 7.26. The van der Waals surface area contributed by atoms with Crippen molar-refractivity contribution in [2.75, 3.05) is 31.1 Å². The first-order chi connectivity index (χ1) is 13.0. The molecule has 144 valence electrons. The van der Waals surface area contributed by atoms with E-state index in [1.54, 1.807) is 12.1 Å². The van der Waals surface area contributed by atoms with Gasteiger partial charge in [-0.1, -0.05) is 12.8 Å². The Morgan fingerprint density at radius 3 is 2.56 bits per heavy atom. The highest BCUT2D eigenvalue weighted by Gasteiger charge is 2.29. The second-order valence-corrected chi connectivity index (χ2v) is 7.26. The summed E-state index contributed by atoms with van der Waals surface area (Å²) in [6, 6.07) is 6.61. The first kappa shape index (κ1) is 19.1. The third kappa shape index (κ3) is 4.37. The molecule has 0 spiro atoms. The number of nitrogens with zero attached hydrogens (tertiary/aromatic N) is 4. The van der Waals surface area contributed by atoms with Crippen LogP contribution in [0.15, 0.2) is 18.2 Å². The van der Waals surface area contributed by atoms with E-state index in [0.29, 0.717) is 37.9 Å². The number of nitrogens with one attached hydrogen (secondary N) is 1. The van der Waals surface area contributed by atoms with Crippen molar-refractivity contribution in [1.29, 1.82) is 5.26 Å². The molecule has 1 saturated heterocycles. The molecule has 1 N–H and O–H groups in total. The summed E-state index contributed by atoms with van der Waals surface area (Å²) >= 11 is 0. The molecule has 1 heterocycles. The van der Waals surface area contributed by atoms with E-state index in [1.165, 1.54) is 18.9 Å². The van der Waals surface area contributed by atoms with Gasteiger partial charge in [-0.15, -0.1) is 0 Å². The number of carbonyl (C=O) groups excluding carboxylic acids is 1. The number of nitriles is 1. The van der Waals surface area contributed by atoms with E-state index >= 15 is 0 Å². The lowest BCUT2D eigenvalue weighted by molar-refractivity contribution is -0.384. The second kappa shape index (κ2) is 8.35. The number of amides is 1. The van der Waals surface area contributed by atoms with Gasteiger partial charge in [-0.05, 0) is 31.9 Å². The Labute approximate surface area is 158 Å². The van der Waals surface area contributed by atoms with Gasteiger partial charge in [0.2, 0.25) is 5.91 Å². The van der Waals surface area contributed by atoms with Gasteiger partial charge in [0.05, 0.1) is 22.6 Å². The molecular weight excluding hydrogens is 346 g/mol. The zero-order chi connectivity index (χ0) is 19.4. The van der Waals surface area contributed by atoms with Crippen LogP contribution in [0.3, 0.4) is 0 Å². The molecule has 1 aliphatic carbocycles. The first-order valence-corrected chi connectivity index (χ1v) is 9.47. The Morgan fingerprint density at radius 1 is 1.30 bits per heavy atom. The van der Waals surface area contributed by atoms with Gasteiger partial charge < -0.3 is 10.2 Å². The Bertz CT molecular complexity index is 746. The van der Waals surface area contributed by atoms with Crippen molar-refractivity contribution < 1.29 is 9.72 Å². The topological polar surface area (TPSA) is 103 Å². The van der Waals surface area contributed by atoms with Crippen molar-refractivity contribution >= 4 is 17.3 Å². The van der Waals surface area contributed by atoms with Crippen molar-refractivity contribution in [3.63, 3.8) is 0 Å². The molecule has 3 rings (SSSR count). The highest BCUT2D eigenvalue weighted by atomic mass is 16.6. The molecule has 0 radical (unpaired) electrons. The zero-order valence-corrected chi connectivity index (χ0v) is 15.6. The van der Waals surface area contributed by atoms with Crippen molar-refractivity contribution in [2.45, 2.75) is 44.7 Å². The molecule has 8 heteroatoms. The maximum absolute atomic E-state index is 12.5. The standard InChI is InChI=1S/C19H25N5O3/c1-14(19(25)21-16-4-2-3-5-16)22-8-10-23(11-9-22)17-7-6-15(13-20)12-18(17)24(26)27/h6-7,12,14,16H,2-5,8-11H2,1H3,(H,21,25). The number of benzene rings is 1. The molecule has 2 aliphatic rings. The van der Waals surface area contributed by atoms with Crippen LogP contribution in [0, 0.1) is 21.4 Å². The summed E-state index contributed by atoms with van der Waals surface area (Å²) < 4.78 is 0. The van der Waals surface area contributed by atoms with E-state index < -0.39 is 4.92 Å². The maximum Gasteiger partial charge on any atom is 0.293 e. The fourth-order valence-electron chi connectivity index (χ4n) is 3.91. The van der Waals surface area contributed by atoms with Gasteiger partial charge in [0.1, 0.15) is 5.69 Å². The Morgan fingerprint density at radius 2 is 1.96 bits per heavy atom. The number of hydrogen-bond donors (Lipinski definition) is 1. The van der Waals surface area contributed by atoms with E-state index in [4.69, 9.17) is 5.26 Å². The number of nitro benzene ring substituents is 1. The lowest BCUT2D eigenvalue weighted by Crippen LogP contribution is -2.55. The molecule has 1 aromatic carbocycles. The summed E-state index contributed by atoms with van der Waals surface area (Å²) in [5.41, 5.74) is 0.762. The minimum atomic E-state index is -0.444. The molecule has 27 heavy (non-hydrogen) atoms. The van der Waals surface area contributed by atoms with Crippen LogP contribution in [-0.2, 0) is 4.79 Å². The number of carbonyl (C=O) groups is 1. The fraction of sp³-hybridized carbons (Fsp3) is 0.579. The molecule has 2 fully saturated rings. The largest absolute Gasteiger partial charge is 0.363 e. The smallest absolute Gasteiger partial charge is 0.293 e. The maximum atomic E-state index is 12.5. The van der Waals surface area contributed by atoms with Crippen molar-refractivity contribution in [1.82, 2.24) is 10.2 Å². The number of piperazine rings is 1. The SMILES string of the molecule is CC(C(=O)NC1CCCC1)N1CCN(c2ccc(C#N)cc2[N+](=O)[O-])CC1. The summed E-state index contributed by atoms with van der Waals surface area (Å²) in [6.07, 6.45) is 4.49. The quantitative estimate of drug-likeness (QED) is 0.628. The molecule has 0 aromatic heterocycles. The van der Waals surface area contributed by atoms with Gasteiger partial charge in [0, 0.05) is 38.3 Å². The molecule has 8 nitrogen and oxygen atoms in total. The molecule has 1 aromatic rings. The minimum absolute atomic E-state index is 0.0467. The van der Waals surface area contributed by atoms with Crippen molar-refractivity contribution in [3.05, 3.63) is 33.9 Å². The first-order valence-electron chi connectivity index (χ1n) is 9.47. The fourth-order valence-corrected chi connectivity index (χ4v) is 3.91. The van der Waals surface area contributed by atoms with Gasteiger partial charge in [-0.25, -0.2) is 0 Å². The molecular formula is C19H25N5O3. The molecule has 1 unspecified atom stereocenters. The highest BCUT2D eigenvalue weighted by Crippen LogP contribution is 2.30. The van der Waals surface area contributed by atoms with E-state index in [0.717, 1.165) is 12.8 Å². The number of anilines is 1. The summed E-state index contributed by atoms with van der Waals surface area (Å²) in [5, 5.41) is 23.5. The lowest BCUT2D eigenvalue weighted by atomic mass is 10.1. The molecule has 0 bridgehead atoms. The minimum Gasteiger partial charge on any atom is -0.363 e. The predicted octanol–water partition coefficient (Wildman–Crippen LogP) is 2.04. The van der Waals surface area contributed by atoms with Crippen molar-refractivity contribution in [2.24, 2.45) is 0 Å². The molecule has 1 aliphatic heterocycles. The monoisotopic (exact) mass is 371 g/mol. The Kier molecular flexibility index (Phi) is 5.91.